The zero-order chi connectivity index (χ0) is 52.9. The third kappa shape index (κ3) is 26.7. The third-order valence-corrected chi connectivity index (χ3v) is 7.17. The molecule has 0 saturated heterocycles. The predicted molar refractivity (Wildman–Crippen MR) is 256 cm³/mol. The van der Waals surface area contributed by atoms with Gasteiger partial charge in [-0.05, 0) is 41.0 Å². The minimum absolute atomic E-state index is 0.0301. The number of carbonyl (C=O) groups excluding carboxylic acids is 6. The number of hydrogen-bond donors (Lipinski definition) is 3. The average molecular weight is 980 g/mol. The van der Waals surface area contributed by atoms with Crippen LogP contribution < -0.4 is 0 Å². The van der Waals surface area contributed by atoms with E-state index in [1.165, 1.54) is 26.4 Å². The molecule has 6 heterocycles. The monoisotopic (exact) mass is 979 g/mol. The summed E-state index contributed by atoms with van der Waals surface area (Å²) in [6.07, 6.45) is 1.54. The van der Waals surface area contributed by atoms with Gasteiger partial charge in [0.15, 0.2) is 23.5 Å². The molecule has 2 unspecified atom stereocenters. The maximum Gasteiger partial charge on any atom is 0.511 e. The van der Waals surface area contributed by atoms with Crippen LogP contribution in [0, 0.1) is 12.8 Å². The Balaban J connectivity index is 0. The average Bonchev–Trinajstić information content (AvgIpc) is 4.18. The number of carbonyl (C=O) groups is 6. The summed E-state index contributed by atoms with van der Waals surface area (Å²) in [5.41, 5.74) is 6.37. The van der Waals surface area contributed by atoms with Gasteiger partial charge in [-0.1, -0.05) is 62.3 Å². The summed E-state index contributed by atoms with van der Waals surface area (Å²) in [6.45, 7) is 28.7. The summed E-state index contributed by atoms with van der Waals surface area (Å²) in [6, 6.07) is 10.4. The molecule has 0 bridgehead atoms. The number of H-pyrrole nitrogens is 3. The number of esters is 2. The smallest absolute Gasteiger partial charge is 0.465 e. The number of hydrogen-bond acceptors (Lipinski definition) is 18. The largest absolute Gasteiger partial charge is 0.511 e. The van der Waals surface area contributed by atoms with Crippen LogP contribution in [0.25, 0.3) is 33.3 Å². The first-order valence-corrected chi connectivity index (χ1v) is 22.4. The van der Waals surface area contributed by atoms with E-state index < -0.39 is 36.8 Å². The number of furan rings is 3. The molecule has 2 atom stereocenters. The summed E-state index contributed by atoms with van der Waals surface area (Å²) in [5, 5.41) is 0. The number of aromatic nitrogens is 3. The summed E-state index contributed by atoms with van der Waals surface area (Å²) in [7, 11) is 1.45. The number of aryl methyl sites for hydroxylation is 1. The number of nitrogens with one attached hydrogen (secondary N) is 3. The van der Waals surface area contributed by atoms with Crippen LogP contribution in [0.15, 0.2) is 68.4 Å². The minimum Gasteiger partial charge on any atom is -0.465 e. The SMILES string of the molecule is CC.CC.CC.CC(C)OC(=O)OC(C)OC(=O)c1cc2occc2[nH]1.CC(C)OC=O.CCCOC(=O)OC(OC=O)C(C)C.COCOC(=O)c1cc2occc2[nH]1.Cc1cc2occc2[nH]1. The molecule has 6 rings (SSSR count). The highest BCUT2D eigenvalue weighted by Crippen LogP contribution is 2.18. The number of ether oxygens (including phenoxy) is 9. The van der Waals surface area contributed by atoms with Gasteiger partial charge in [0.25, 0.3) is 19.2 Å². The van der Waals surface area contributed by atoms with Gasteiger partial charge in [0.2, 0.25) is 6.29 Å². The molecule has 388 valence electrons. The van der Waals surface area contributed by atoms with Gasteiger partial charge in [0.05, 0.1) is 54.2 Å². The number of methoxy groups -OCH3 is 1. The molecule has 0 aliphatic rings. The van der Waals surface area contributed by atoms with Gasteiger partial charge in [-0.15, -0.1) is 0 Å². The van der Waals surface area contributed by atoms with Crippen molar-refractivity contribution in [3.05, 3.63) is 72.3 Å². The van der Waals surface area contributed by atoms with Crippen molar-refractivity contribution in [2.45, 2.75) is 135 Å². The van der Waals surface area contributed by atoms with E-state index in [0.717, 1.165) is 28.7 Å². The van der Waals surface area contributed by atoms with Crippen LogP contribution in [0.4, 0.5) is 9.59 Å². The van der Waals surface area contributed by atoms with Crippen LogP contribution in [0.5, 0.6) is 0 Å². The van der Waals surface area contributed by atoms with Crippen molar-refractivity contribution in [3.63, 3.8) is 0 Å². The highest BCUT2D eigenvalue weighted by Gasteiger charge is 2.21. The normalized spacial score (nSPS) is 10.6. The second-order valence-electron chi connectivity index (χ2n) is 13.6. The first-order chi connectivity index (χ1) is 33.0. The van der Waals surface area contributed by atoms with Crippen molar-refractivity contribution < 1.29 is 84.7 Å². The molecule has 0 aliphatic carbocycles. The van der Waals surface area contributed by atoms with Gasteiger partial charge in [-0.2, -0.15) is 0 Å². The van der Waals surface area contributed by atoms with E-state index in [-0.39, 0.29) is 37.1 Å². The molecule has 6 aromatic heterocycles. The molecule has 0 saturated carbocycles. The Labute approximate surface area is 403 Å². The molecule has 0 amide bonds. The molecule has 6 aromatic rings. The third-order valence-electron chi connectivity index (χ3n) is 7.17. The van der Waals surface area contributed by atoms with Gasteiger partial charge >= 0.3 is 24.2 Å². The van der Waals surface area contributed by atoms with Gasteiger partial charge in [0.1, 0.15) is 11.4 Å². The molecule has 21 heteroatoms. The van der Waals surface area contributed by atoms with E-state index in [9.17, 15) is 28.8 Å². The highest BCUT2D eigenvalue weighted by atomic mass is 16.8. The Bertz CT molecular complexity index is 2170. The topological polar surface area (TPSA) is 272 Å². The lowest BCUT2D eigenvalue weighted by Crippen LogP contribution is -2.26. The second-order valence-corrected chi connectivity index (χ2v) is 13.6. The zero-order valence-corrected chi connectivity index (χ0v) is 42.7. The molecule has 0 aliphatic heterocycles. The zero-order valence-electron chi connectivity index (χ0n) is 42.7. The van der Waals surface area contributed by atoms with Crippen molar-refractivity contribution in [1.82, 2.24) is 15.0 Å². The Morgan fingerprint density at radius 1 is 0.594 bits per heavy atom. The number of aromatic amines is 3. The Kier molecular flexibility index (Phi) is 35.1. The van der Waals surface area contributed by atoms with Gasteiger partial charge in [-0.25, -0.2) is 19.2 Å². The molecule has 0 radical (unpaired) electrons. The second kappa shape index (κ2) is 37.9. The van der Waals surface area contributed by atoms with E-state index in [2.05, 4.69) is 33.9 Å². The maximum absolute atomic E-state index is 11.8. The van der Waals surface area contributed by atoms with E-state index in [1.807, 2.05) is 67.5 Å². The lowest BCUT2D eigenvalue weighted by molar-refractivity contribution is -0.164. The maximum atomic E-state index is 11.8. The van der Waals surface area contributed by atoms with Crippen molar-refractivity contribution >= 4 is 70.5 Å². The fourth-order valence-electron chi connectivity index (χ4n) is 4.48. The Hall–Kier alpha value is -7.16. The lowest BCUT2D eigenvalue weighted by Gasteiger charge is -2.18. The van der Waals surface area contributed by atoms with E-state index in [0.29, 0.717) is 35.5 Å². The molecule has 0 aromatic carbocycles. The van der Waals surface area contributed by atoms with Gasteiger partial charge in [0, 0.05) is 62.0 Å². The lowest BCUT2D eigenvalue weighted by atomic mass is 10.2. The van der Waals surface area contributed by atoms with Crippen LogP contribution in [-0.2, 0) is 52.2 Å². The van der Waals surface area contributed by atoms with E-state index >= 15 is 0 Å². The first kappa shape index (κ1) is 63.9. The van der Waals surface area contributed by atoms with Crippen LogP contribution in [-0.4, -0.2) is 97.4 Å². The minimum atomic E-state index is -1.05. The molecule has 69 heavy (non-hydrogen) atoms. The van der Waals surface area contributed by atoms with E-state index in [4.69, 9.17) is 36.9 Å². The van der Waals surface area contributed by atoms with Crippen LogP contribution in [0.2, 0.25) is 0 Å². The Morgan fingerprint density at radius 3 is 1.46 bits per heavy atom. The van der Waals surface area contributed by atoms with Crippen molar-refractivity contribution in [2.75, 3.05) is 20.5 Å². The van der Waals surface area contributed by atoms with Crippen molar-refractivity contribution in [1.29, 1.82) is 0 Å². The molecule has 3 N–H and O–H groups in total. The van der Waals surface area contributed by atoms with E-state index in [1.54, 1.807) is 72.3 Å². The Morgan fingerprint density at radius 2 is 1.07 bits per heavy atom. The van der Waals surface area contributed by atoms with Crippen LogP contribution >= 0.6 is 0 Å². The standard InChI is InChI=1S/C13H15NO6.C9H9NO4.C9H16O5.C7H7NO.C4H8O2.3C2H6/c1-7(2)18-13(16)20-8(3)19-12(15)10-6-11-9(14-10)4-5-17-11;1-12-5-14-9(11)7-4-8-6(10-7)2-3-13-8;1-4-5-12-9(11)14-8(7(2)3)13-6-10;1-5-4-7-6(8-5)2-3-9-7;1-4(2)6-3-5;3*1-2/h4-8,14H,1-3H3;2-4,10H,5H2,1H3;6-8H,4-5H2,1-3H3;2-4,8H,1H3;3-4H,1-2H3;3*1-2H3. The van der Waals surface area contributed by atoms with Gasteiger partial charge in [-0.3, -0.25) is 9.59 Å². The molecule has 0 spiro atoms. The van der Waals surface area contributed by atoms with Gasteiger partial charge < -0.3 is 70.8 Å². The number of fused-ring (bicyclic) bond motifs is 3. The quantitative estimate of drug-likeness (QED) is 0.0373. The first-order valence-electron chi connectivity index (χ1n) is 22.4. The molecule has 21 nitrogen and oxygen atoms in total. The summed E-state index contributed by atoms with van der Waals surface area (Å²) < 4.78 is 57.5. The fraction of sp³-hybridized carbons (Fsp3) is 0.500. The molecular weight excluding hydrogens is 907 g/mol. The summed E-state index contributed by atoms with van der Waals surface area (Å²) >= 11 is 0. The summed E-state index contributed by atoms with van der Waals surface area (Å²) in [4.78, 5) is 73.6. The molecule has 0 fully saturated rings. The predicted octanol–water partition coefficient (Wildman–Crippen LogP) is 11.8. The number of rotatable bonds is 15. The summed E-state index contributed by atoms with van der Waals surface area (Å²) in [5.74, 6) is -1.21. The van der Waals surface area contributed by atoms with Crippen LogP contribution in [0.3, 0.4) is 0 Å². The van der Waals surface area contributed by atoms with Crippen molar-refractivity contribution in [3.8, 4) is 0 Å². The van der Waals surface area contributed by atoms with Crippen LogP contribution in [0.1, 0.15) is 130 Å². The molecular formula is C48H73N3O18. The fourth-order valence-corrected chi connectivity index (χ4v) is 4.48. The van der Waals surface area contributed by atoms with Crippen molar-refractivity contribution in [2.24, 2.45) is 5.92 Å². The highest BCUT2D eigenvalue weighted by molar-refractivity contribution is 5.93.